The van der Waals surface area contributed by atoms with Crippen LogP contribution in [0.15, 0.2) is 76.4 Å². The number of ether oxygens (including phenoxy) is 2. The molecule has 0 spiro atoms. The Morgan fingerprint density at radius 2 is 1.56 bits per heavy atom. The largest absolute Gasteiger partial charge is 0.490 e. The molecule has 1 aromatic heterocycles. The number of imide groups is 1. The van der Waals surface area contributed by atoms with Crippen molar-refractivity contribution in [2.75, 3.05) is 13.2 Å². The smallest absolute Gasteiger partial charge is 0.290 e. The summed E-state index contributed by atoms with van der Waals surface area (Å²) in [7, 11) is 1.69. The summed E-state index contributed by atoms with van der Waals surface area (Å²) in [6.45, 7) is 1.90. The van der Waals surface area contributed by atoms with E-state index in [1.165, 1.54) is 42.5 Å². The second kappa shape index (κ2) is 10.7. The molecule has 2 heterocycles. The van der Waals surface area contributed by atoms with Crippen LogP contribution in [0.1, 0.15) is 12.5 Å². The SMILES string of the molecule is C/C(=C1\SC(=O)NC1=O)c1ccc(OCCOc2c(-c3ccc(F)cc3)n(C)c3cc(F)ccc3c2=O)cc1. The number of hydrogen-bond donors (Lipinski definition) is 1. The summed E-state index contributed by atoms with van der Waals surface area (Å²) >= 11 is 0.867. The molecular weight excluding hydrogens is 526 g/mol. The highest BCUT2D eigenvalue weighted by Crippen LogP contribution is 2.33. The van der Waals surface area contributed by atoms with E-state index >= 15 is 0 Å². The predicted octanol–water partition coefficient (Wildman–Crippen LogP) is 5.66. The van der Waals surface area contributed by atoms with Gasteiger partial charge in [0.25, 0.3) is 11.1 Å². The Labute approximate surface area is 226 Å². The van der Waals surface area contributed by atoms with E-state index in [0.717, 1.165) is 17.3 Å². The number of rotatable bonds is 7. The number of nitrogens with zero attached hydrogens (tertiary/aromatic N) is 1. The quantitative estimate of drug-likeness (QED) is 0.237. The van der Waals surface area contributed by atoms with Gasteiger partial charge in [0.15, 0.2) is 5.75 Å². The van der Waals surface area contributed by atoms with Gasteiger partial charge in [-0.05, 0) is 84.4 Å². The molecule has 0 aliphatic carbocycles. The van der Waals surface area contributed by atoms with Crippen molar-refractivity contribution < 1.29 is 27.8 Å². The molecule has 0 bridgehead atoms. The molecule has 7 nitrogen and oxygen atoms in total. The van der Waals surface area contributed by atoms with E-state index in [-0.39, 0.29) is 24.3 Å². The van der Waals surface area contributed by atoms with Crippen LogP contribution in [0.4, 0.5) is 13.6 Å². The van der Waals surface area contributed by atoms with Gasteiger partial charge in [-0.2, -0.15) is 0 Å². The fourth-order valence-corrected chi connectivity index (χ4v) is 5.08. The minimum atomic E-state index is -0.485. The van der Waals surface area contributed by atoms with Gasteiger partial charge in [0.2, 0.25) is 5.43 Å². The summed E-state index contributed by atoms with van der Waals surface area (Å²) in [5.74, 6) is -0.736. The zero-order valence-electron chi connectivity index (χ0n) is 20.9. The number of carbonyl (C=O) groups is 2. The van der Waals surface area contributed by atoms with Gasteiger partial charge in [-0.15, -0.1) is 0 Å². The maximum absolute atomic E-state index is 14.0. The molecule has 10 heteroatoms. The minimum absolute atomic E-state index is 0.0277. The van der Waals surface area contributed by atoms with Crippen molar-refractivity contribution in [1.82, 2.24) is 9.88 Å². The van der Waals surface area contributed by atoms with Crippen LogP contribution in [0.2, 0.25) is 0 Å². The van der Waals surface area contributed by atoms with Crippen LogP contribution in [0.5, 0.6) is 11.5 Å². The van der Waals surface area contributed by atoms with Crippen molar-refractivity contribution in [1.29, 1.82) is 0 Å². The third kappa shape index (κ3) is 5.28. The number of nitrogens with one attached hydrogen (secondary N) is 1. The Hall–Kier alpha value is -4.44. The van der Waals surface area contributed by atoms with Crippen LogP contribution in [0.25, 0.3) is 27.7 Å². The van der Waals surface area contributed by atoms with Crippen LogP contribution in [0, 0.1) is 11.6 Å². The second-order valence-electron chi connectivity index (χ2n) is 8.75. The molecule has 39 heavy (non-hydrogen) atoms. The molecular formula is C29H22F2N2O5S. The van der Waals surface area contributed by atoms with Crippen molar-refractivity contribution >= 4 is 39.4 Å². The van der Waals surface area contributed by atoms with Gasteiger partial charge in [-0.25, -0.2) is 8.78 Å². The first-order chi connectivity index (χ1) is 18.7. The second-order valence-corrected chi connectivity index (χ2v) is 9.74. The molecule has 1 fully saturated rings. The van der Waals surface area contributed by atoms with E-state index in [4.69, 9.17) is 9.47 Å². The molecule has 0 unspecified atom stereocenters. The summed E-state index contributed by atoms with van der Waals surface area (Å²) in [5, 5.41) is 2.14. The van der Waals surface area contributed by atoms with E-state index in [2.05, 4.69) is 5.32 Å². The van der Waals surface area contributed by atoms with E-state index in [0.29, 0.717) is 33.0 Å². The highest BCUT2D eigenvalue weighted by molar-refractivity contribution is 8.18. The molecule has 1 saturated heterocycles. The van der Waals surface area contributed by atoms with Gasteiger partial charge < -0.3 is 14.0 Å². The lowest BCUT2D eigenvalue weighted by molar-refractivity contribution is -0.115. The lowest BCUT2D eigenvalue weighted by Gasteiger charge is -2.18. The first kappa shape index (κ1) is 26.2. The van der Waals surface area contributed by atoms with E-state index in [1.807, 2.05) is 0 Å². The van der Waals surface area contributed by atoms with Gasteiger partial charge in [-0.1, -0.05) is 12.1 Å². The molecule has 3 aromatic carbocycles. The molecule has 0 atom stereocenters. The number of fused-ring (bicyclic) bond motifs is 1. The van der Waals surface area contributed by atoms with E-state index < -0.39 is 28.2 Å². The lowest BCUT2D eigenvalue weighted by Crippen LogP contribution is -2.18. The first-order valence-electron chi connectivity index (χ1n) is 11.9. The summed E-state index contributed by atoms with van der Waals surface area (Å²) < 4.78 is 40.9. The van der Waals surface area contributed by atoms with Crippen molar-refractivity contribution in [2.24, 2.45) is 7.05 Å². The normalized spacial score (nSPS) is 14.5. The fourth-order valence-electron chi connectivity index (χ4n) is 4.34. The number of amides is 2. The van der Waals surface area contributed by atoms with Crippen LogP contribution in [-0.4, -0.2) is 28.9 Å². The Morgan fingerprint density at radius 3 is 2.23 bits per heavy atom. The average Bonchev–Trinajstić information content (AvgIpc) is 3.27. The molecule has 1 aliphatic heterocycles. The summed E-state index contributed by atoms with van der Waals surface area (Å²) in [4.78, 5) is 37.1. The highest BCUT2D eigenvalue weighted by atomic mass is 32.2. The number of aryl methyl sites for hydroxylation is 1. The molecule has 4 aromatic rings. The number of halogens is 2. The Balaban J connectivity index is 1.35. The van der Waals surface area contributed by atoms with Crippen molar-refractivity contribution in [3.63, 3.8) is 0 Å². The summed E-state index contributed by atoms with van der Waals surface area (Å²) in [5.41, 5.74) is 2.34. The number of benzene rings is 3. The number of hydrogen-bond acceptors (Lipinski definition) is 6. The molecule has 2 amide bonds. The number of aromatic nitrogens is 1. The summed E-state index contributed by atoms with van der Waals surface area (Å²) in [6.07, 6.45) is 0. The van der Waals surface area contributed by atoms with E-state index in [9.17, 15) is 23.2 Å². The number of thioether (sulfide) groups is 1. The number of carbonyl (C=O) groups excluding carboxylic acids is 2. The zero-order valence-corrected chi connectivity index (χ0v) is 21.7. The van der Waals surface area contributed by atoms with Crippen LogP contribution in [-0.2, 0) is 11.8 Å². The van der Waals surface area contributed by atoms with Gasteiger partial charge in [-0.3, -0.25) is 19.7 Å². The molecule has 0 saturated carbocycles. The standard InChI is InChI=1S/C29H22F2N2O5S/c1-16(27-28(35)32-29(36)39-27)17-5-10-21(11-6-17)37-13-14-38-26-24(18-3-7-19(30)8-4-18)33(2)23-15-20(31)9-12-22(23)25(26)34/h3-12,15H,13-14H2,1-2H3,(H,32,35,36)/b27-16+. The third-order valence-electron chi connectivity index (χ3n) is 6.28. The lowest BCUT2D eigenvalue weighted by atomic mass is 10.1. The van der Waals surface area contributed by atoms with Gasteiger partial charge in [0.05, 0.1) is 16.1 Å². The van der Waals surface area contributed by atoms with Crippen LogP contribution >= 0.6 is 11.8 Å². The molecule has 1 aliphatic rings. The Bertz CT molecular complexity index is 1700. The topological polar surface area (TPSA) is 86.6 Å². The van der Waals surface area contributed by atoms with Crippen LogP contribution in [0.3, 0.4) is 0 Å². The van der Waals surface area contributed by atoms with E-state index in [1.54, 1.807) is 42.8 Å². The average molecular weight is 549 g/mol. The molecule has 1 N–H and O–H groups in total. The maximum atomic E-state index is 14.0. The number of allylic oxidation sites excluding steroid dienone is 1. The van der Waals surface area contributed by atoms with Crippen molar-refractivity contribution in [2.45, 2.75) is 6.92 Å². The fraction of sp³-hybridized carbons (Fsp3) is 0.138. The zero-order chi connectivity index (χ0) is 27.7. The third-order valence-corrected chi connectivity index (χ3v) is 7.27. The molecule has 0 radical (unpaired) electrons. The highest BCUT2D eigenvalue weighted by Gasteiger charge is 2.27. The monoisotopic (exact) mass is 548 g/mol. The van der Waals surface area contributed by atoms with Crippen LogP contribution < -0.4 is 20.2 Å². The number of pyridine rings is 1. The van der Waals surface area contributed by atoms with Crippen molar-refractivity contribution in [3.8, 4) is 22.8 Å². The Morgan fingerprint density at radius 1 is 0.897 bits per heavy atom. The molecule has 198 valence electrons. The minimum Gasteiger partial charge on any atom is -0.490 e. The van der Waals surface area contributed by atoms with Gasteiger partial charge in [0, 0.05) is 18.0 Å². The van der Waals surface area contributed by atoms with Gasteiger partial charge in [0.1, 0.15) is 30.6 Å². The Kier molecular flexibility index (Phi) is 7.21. The first-order valence-corrected chi connectivity index (χ1v) is 12.7. The van der Waals surface area contributed by atoms with Crippen molar-refractivity contribution in [3.05, 3.63) is 99.1 Å². The predicted molar refractivity (Wildman–Crippen MR) is 146 cm³/mol. The summed E-state index contributed by atoms with van der Waals surface area (Å²) in [6, 6.07) is 16.5. The molecule has 5 rings (SSSR count). The van der Waals surface area contributed by atoms with Gasteiger partial charge >= 0.3 is 0 Å². The maximum Gasteiger partial charge on any atom is 0.290 e.